The molecule has 1 saturated heterocycles. The van der Waals surface area contributed by atoms with Gasteiger partial charge in [0, 0.05) is 19.1 Å². The summed E-state index contributed by atoms with van der Waals surface area (Å²) in [5.74, 6) is -0.536. The van der Waals surface area contributed by atoms with Crippen molar-refractivity contribution in [3.8, 4) is 16.5 Å². The van der Waals surface area contributed by atoms with Crippen molar-refractivity contribution in [2.45, 2.75) is 92.4 Å². The van der Waals surface area contributed by atoms with Gasteiger partial charge < -0.3 is 15.1 Å². The fraction of sp³-hybridized carbons (Fsp3) is 0.581. The number of aromatic nitrogens is 1. The summed E-state index contributed by atoms with van der Waals surface area (Å²) in [4.78, 5) is 50.1. The van der Waals surface area contributed by atoms with Crippen molar-refractivity contribution < 1.29 is 14.4 Å². The first-order valence-corrected chi connectivity index (χ1v) is 15.0. The van der Waals surface area contributed by atoms with E-state index in [9.17, 15) is 19.6 Å². The topological polar surface area (TPSA) is 106 Å². The van der Waals surface area contributed by atoms with Crippen LogP contribution in [-0.2, 0) is 20.9 Å². The Morgan fingerprint density at radius 1 is 1.23 bits per heavy atom. The van der Waals surface area contributed by atoms with Crippen LogP contribution in [0.5, 0.6) is 0 Å². The molecule has 9 heteroatoms. The number of hydrogen-bond donors (Lipinski definition) is 1. The fourth-order valence-corrected chi connectivity index (χ4v) is 6.47. The van der Waals surface area contributed by atoms with Crippen LogP contribution in [0.2, 0.25) is 0 Å². The zero-order valence-corrected chi connectivity index (χ0v) is 25.5. The zero-order chi connectivity index (χ0) is 29.4. The third kappa shape index (κ3) is 5.92. The standard InChI is InChI=1S/C31H41N5O3S/c1-19(2)36(29(39)31(17-32)12-13-31)26(30(5,6)7)28(38)35-16-20(3)14-24(35)27(37)33-15-22-8-10-23(11-9-22)25-21(4)34-18-40-25/h8-11,18-20,24,26H,12-16H2,1-7H3,(H,33,37)/t20-,24+,26-/m1/s1. The van der Waals surface area contributed by atoms with Crippen LogP contribution in [0.4, 0.5) is 0 Å². The van der Waals surface area contributed by atoms with Crippen LogP contribution in [-0.4, -0.2) is 57.2 Å². The molecule has 40 heavy (non-hydrogen) atoms. The number of nitrogens with one attached hydrogen (secondary N) is 1. The molecule has 0 bridgehead atoms. The number of carbonyl (C=O) groups excluding carboxylic acids is 3. The van der Waals surface area contributed by atoms with E-state index in [0.717, 1.165) is 21.7 Å². The van der Waals surface area contributed by atoms with Gasteiger partial charge in [-0.15, -0.1) is 11.3 Å². The molecular weight excluding hydrogens is 522 g/mol. The number of rotatable bonds is 8. The van der Waals surface area contributed by atoms with E-state index in [1.54, 1.807) is 21.1 Å². The number of carbonyl (C=O) groups is 3. The number of thiazole rings is 1. The lowest BCUT2D eigenvalue weighted by Gasteiger charge is -2.44. The second kappa shape index (κ2) is 11.3. The smallest absolute Gasteiger partial charge is 0.246 e. The van der Waals surface area contributed by atoms with E-state index < -0.39 is 22.9 Å². The van der Waals surface area contributed by atoms with Crippen LogP contribution < -0.4 is 5.32 Å². The maximum Gasteiger partial charge on any atom is 0.246 e. The molecule has 0 radical (unpaired) electrons. The number of nitrogens with zero attached hydrogens (tertiary/aromatic N) is 4. The predicted octanol–water partition coefficient (Wildman–Crippen LogP) is 4.93. The maximum absolute atomic E-state index is 14.3. The van der Waals surface area contributed by atoms with E-state index in [-0.39, 0.29) is 29.7 Å². The Balaban J connectivity index is 1.51. The van der Waals surface area contributed by atoms with E-state index in [0.29, 0.717) is 32.4 Å². The molecular formula is C31H41N5O3S. The molecule has 1 saturated carbocycles. The maximum atomic E-state index is 14.3. The van der Waals surface area contributed by atoms with Gasteiger partial charge in [0.1, 0.15) is 17.5 Å². The molecule has 2 heterocycles. The lowest BCUT2D eigenvalue weighted by atomic mass is 9.83. The number of benzene rings is 1. The lowest BCUT2D eigenvalue weighted by Crippen LogP contribution is -2.61. The van der Waals surface area contributed by atoms with Gasteiger partial charge in [-0.25, -0.2) is 4.98 Å². The molecule has 0 spiro atoms. The van der Waals surface area contributed by atoms with Crippen molar-refractivity contribution in [2.75, 3.05) is 6.54 Å². The molecule has 8 nitrogen and oxygen atoms in total. The van der Waals surface area contributed by atoms with Crippen molar-refractivity contribution in [1.29, 1.82) is 5.26 Å². The molecule has 0 unspecified atom stereocenters. The average Bonchev–Trinajstić information content (AvgIpc) is 3.43. The number of aryl methyl sites for hydroxylation is 1. The highest BCUT2D eigenvalue weighted by atomic mass is 32.1. The lowest BCUT2D eigenvalue weighted by molar-refractivity contribution is -0.156. The van der Waals surface area contributed by atoms with Gasteiger partial charge in [-0.2, -0.15) is 5.26 Å². The van der Waals surface area contributed by atoms with Gasteiger partial charge in [0.05, 0.1) is 22.2 Å². The summed E-state index contributed by atoms with van der Waals surface area (Å²) in [6.45, 7) is 14.4. The van der Waals surface area contributed by atoms with Crippen LogP contribution in [0.3, 0.4) is 0 Å². The van der Waals surface area contributed by atoms with Crippen LogP contribution in [0, 0.1) is 35.0 Å². The molecule has 1 N–H and O–H groups in total. The average molecular weight is 564 g/mol. The molecule has 1 aromatic carbocycles. The normalized spacial score (nSPS) is 20.6. The number of nitriles is 1. The minimum Gasteiger partial charge on any atom is -0.350 e. The minimum absolute atomic E-state index is 0.152. The number of amides is 3. The Kier molecular flexibility index (Phi) is 8.41. The Morgan fingerprint density at radius 2 is 1.88 bits per heavy atom. The molecule has 1 aromatic heterocycles. The Labute approximate surface area is 241 Å². The van der Waals surface area contributed by atoms with Gasteiger partial charge in [0.25, 0.3) is 0 Å². The van der Waals surface area contributed by atoms with Gasteiger partial charge >= 0.3 is 0 Å². The summed E-state index contributed by atoms with van der Waals surface area (Å²) >= 11 is 1.60. The highest BCUT2D eigenvalue weighted by molar-refractivity contribution is 7.13. The quantitative estimate of drug-likeness (QED) is 0.490. The van der Waals surface area contributed by atoms with E-state index in [1.165, 1.54) is 0 Å². The summed E-state index contributed by atoms with van der Waals surface area (Å²) in [5.41, 5.74) is 3.28. The van der Waals surface area contributed by atoms with Gasteiger partial charge in [-0.05, 0) is 62.5 Å². The number of hydrogen-bond acceptors (Lipinski definition) is 6. The number of likely N-dealkylation sites (tertiary alicyclic amines) is 1. The predicted molar refractivity (Wildman–Crippen MR) is 156 cm³/mol. The molecule has 214 valence electrons. The summed E-state index contributed by atoms with van der Waals surface area (Å²) in [7, 11) is 0. The summed E-state index contributed by atoms with van der Waals surface area (Å²) in [5, 5.41) is 12.8. The molecule has 3 atom stereocenters. The van der Waals surface area contributed by atoms with Crippen molar-refractivity contribution in [3.63, 3.8) is 0 Å². The first kappa shape index (κ1) is 29.7. The molecule has 2 aliphatic rings. The van der Waals surface area contributed by atoms with Gasteiger partial charge in [-0.3, -0.25) is 14.4 Å². The van der Waals surface area contributed by atoms with Crippen LogP contribution >= 0.6 is 11.3 Å². The Morgan fingerprint density at radius 3 is 2.38 bits per heavy atom. The summed E-state index contributed by atoms with van der Waals surface area (Å²) < 4.78 is 0. The van der Waals surface area contributed by atoms with E-state index in [2.05, 4.69) is 16.4 Å². The highest BCUT2D eigenvalue weighted by Crippen LogP contribution is 2.48. The Bertz CT molecular complexity index is 1300. The third-order valence-corrected chi connectivity index (χ3v) is 9.00. The molecule has 2 fully saturated rings. The summed E-state index contributed by atoms with van der Waals surface area (Å²) in [6, 6.07) is 8.61. The first-order chi connectivity index (χ1) is 18.8. The molecule has 3 amide bonds. The molecule has 4 rings (SSSR count). The van der Waals surface area contributed by atoms with E-state index >= 15 is 0 Å². The molecule has 2 aromatic rings. The van der Waals surface area contributed by atoms with Crippen LogP contribution in [0.15, 0.2) is 29.8 Å². The second-order valence-electron chi connectivity index (χ2n) is 12.8. The highest BCUT2D eigenvalue weighted by Gasteiger charge is 2.56. The minimum atomic E-state index is -1.03. The Hall–Kier alpha value is -3.25. The van der Waals surface area contributed by atoms with Crippen molar-refractivity contribution in [3.05, 3.63) is 41.0 Å². The van der Waals surface area contributed by atoms with E-state index in [4.69, 9.17) is 0 Å². The van der Waals surface area contributed by atoms with Crippen LogP contribution in [0.1, 0.15) is 72.1 Å². The van der Waals surface area contributed by atoms with E-state index in [1.807, 2.05) is 78.2 Å². The summed E-state index contributed by atoms with van der Waals surface area (Å²) in [6.07, 6.45) is 1.61. The second-order valence-corrected chi connectivity index (χ2v) is 13.7. The van der Waals surface area contributed by atoms with Crippen LogP contribution in [0.25, 0.3) is 10.4 Å². The SMILES string of the molecule is Cc1ncsc1-c1ccc(CNC(=O)[C@@H]2C[C@@H](C)CN2C(=O)[C@@H](N(C(=O)C2(C#N)CC2)C(C)C)C(C)(C)C)cc1. The fourth-order valence-electron chi connectivity index (χ4n) is 5.66. The largest absolute Gasteiger partial charge is 0.350 e. The van der Waals surface area contributed by atoms with Crippen molar-refractivity contribution in [1.82, 2.24) is 20.1 Å². The monoisotopic (exact) mass is 563 g/mol. The third-order valence-electron chi connectivity index (χ3n) is 8.02. The van der Waals surface area contributed by atoms with Crippen molar-refractivity contribution in [2.24, 2.45) is 16.7 Å². The van der Waals surface area contributed by atoms with Crippen molar-refractivity contribution >= 4 is 29.1 Å². The van der Waals surface area contributed by atoms with Gasteiger partial charge in [0.2, 0.25) is 17.7 Å². The van der Waals surface area contributed by atoms with Gasteiger partial charge in [-0.1, -0.05) is 52.0 Å². The van der Waals surface area contributed by atoms with Gasteiger partial charge in [0.15, 0.2) is 0 Å². The first-order valence-electron chi connectivity index (χ1n) is 14.1. The zero-order valence-electron chi connectivity index (χ0n) is 24.7. The molecule has 1 aliphatic carbocycles. The molecule has 1 aliphatic heterocycles.